The van der Waals surface area contributed by atoms with Crippen LogP contribution in [0.25, 0.3) is 0 Å². The average Bonchev–Trinajstić information content (AvgIpc) is 2.03. The molecule has 0 heterocycles. The maximum absolute atomic E-state index is 11.1. The molecule has 1 amide bonds. The number of amides is 1. The molecule has 0 aromatic carbocycles. The Labute approximate surface area is 78.9 Å². The van der Waals surface area contributed by atoms with E-state index < -0.39 is 0 Å². The van der Waals surface area contributed by atoms with Gasteiger partial charge in [-0.3, -0.25) is 9.59 Å². The monoisotopic (exact) mass is 187 g/mol. The third-order valence-electron chi connectivity index (χ3n) is 1.81. The van der Waals surface area contributed by atoms with Crippen molar-refractivity contribution >= 4 is 11.9 Å². The topological polar surface area (TPSA) is 46.6 Å². The molecule has 4 heteroatoms. The SMILES string of the molecule is COC(=O)CCN(C(C)=O)C(C)C. The second-order valence-electron chi connectivity index (χ2n) is 3.13. The van der Waals surface area contributed by atoms with Gasteiger partial charge in [-0.25, -0.2) is 0 Å². The number of esters is 1. The number of methoxy groups -OCH3 is 1. The number of ether oxygens (including phenoxy) is 1. The first-order valence-corrected chi connectivity index (χ1v) is 4.33. The first kappa shape index (κ1) is 11.9. The third kappa shape index (κ3) is 4.50. The molecule has 0 saturated carbocycles. The van der Waals surface area contributed by atoms with Crippen LogP contribution in [0.5, 0.6) is 0 Å². The van der Waals surface area contributed by atoms with Crippen LogP contribution in [0, 0.1) is 0 Å². The molecule has 0 atom stereocenters. The molecule has 0 radical (unpaired) electrons. The largest absolute Gasteiger partial charge is 0.469 e. The fraction of sp³-hybridized carbons (Fsp3) is 0.778. The number of carbonyl (C=O) groups is 2. The van der Waals surface area contributed by atoms with Crippen LogP contribution in [-0.4, -0.2) is 36.5 Å². The fourth-order valence-electron chi connectivity index (χ4n) is 1.09. The highest BCUT2D eigenvalue weighted by Crippen LogP contribution is 2.00. The lowest BCUT2D eigenvalue weighted by molar-refractivity contribution is -0.141. The summed E-state index contributed by atoms with van der Waals surface area (Å²) >= 11 is 0. The van der Waals surface area contributed by atoms with E-state index in [1.54, 1.807) is 4.90 Å². The van der Waals surface area contributed by atoms with E-state index in [4.69, 9.17) is 0 Å². The lowest BCUT2D eigenvalue weighted by atomic mass is 10.3. The van der Waals surface area contributed by atoms with Gasteiger partial charge in [-0.2, -0.15) is 0 Å². The van der Waals surface area contributed by atoms with Crippen LogP contribution >= 0.6 is 0 Å². The van der Waals surface area contributed by atoms with E-state index in [9.17, 15) is 9.59 Å². The van der Waals surface area contributed by atoms with Gasteiger partial charge in [0.15, 0.2) is 0 Å². The molecule has 0 aliphatic heterocycles. The Morgan fingerprint density at radius 2 is 1.92 bits per heavy atom. The second-order valence-corrected chi connectivity index (χ2v) is 3.13. The van der Waals surface area contributed by atoms with Crippen LogP contribution in [0.2, 0.25) is 0 Å². The van der Waals surface area contributed by atoms with Crippen LogP contribution in [-0.2, 0) is 14.3 Å². The predicted octanol–water partition coefficient (Wildman–Crippen LogP) is 0.806. The molecule has 13 heavy (non-hydrogen) atoms. The molecule has 0 spiro atoms. The Morgan fingerprint density at radius 1 is 1.38 bits per heavy atom. The Bertz CT molecular complexity index is 189. The van der Waals surface area contributed by atoms with Gasteiger partial charge in [0.1, 0.15) is 0 Å². The van der Waals surface area contributed by atoms with Gasteiger partial charge in [0.25, 0.3) is 0 Å². The zero-order chi connectivity index (χ0) is 10.4. The Hall–Kier alpha value is -1.06. The van der Waals surface area contributed by atoms with Crippen LogP contribution < -0.4 is 0 Å². The van der Waals surface area contributed by atoms with Gasteiger partial charge < -0.3 is 9.64 Å². The maximum atomic E-state index is 11.1. The molecular formula is C9H17NO3. The molecule has 0 bridgehead atoms. The van der Waals surface area contributed by atoms with Crippen molar-refractivity contribution in [2.24, 2.45) is 0 Å². The summed E-state index contributed by atoms with van der Waals surface area (Å²) in [5, 5.41) is 0. The van der Waals surface area contributed by atoms with E-state index in [0.717, 1.165) is 0 Å². The molecular weight excluding hydrogens is 170 g/mol. The molecule has 76 valence electrons. The summed E-state index contributed by atoms with van der Waals surface area (Å²) in [6.45, 7) is 5.76. The Morgan fingerprint density at radius 3 is 2.23 bits per heavy atom. The van der Waals surface area contributed by atoms with E-state index >= 15 is 0 Å². The number of hydrogen-bond acceptors (Lipinski definition) is 3. The van der Waals surface area contributed by atoms with Gasteiger partial charge >= 0.3 is 5.97 Å². The number of hydrogen-bond donors (Lipinski definition) is 0. The van der Waals surface area contributed by atoms with Gasteiger partial charge in [-0.1, -0.05) is 0 Å². The highest BCUT2D eigenvalue weighted by Gasteiger charge is 2.13. The van der Waals surface area contributed by atoms with Gasteiger partial charge in [0.2, 0.25) is 5.91 Å². The summed E-state index contributed by atoms with van der Waals surface area (Å²) in [6.07, 6.45) is 0.258. The van der Waals surface area contributed by atoms with Crippen molar-refractivity contribution in [1.82, 2.24) is 4.90 Å². The summed E-state index contributed by atoms with van der Waals surface area (Å²) in [5.41, 5.74) is 0. The summed E-state index contributed by atoms with van der Waals surface area (Å²) in [6, 6.07) is 0.127. The van der Waals surface area contributed by atoms with Crippen LogP contribution in [0.4, 0.5) is 0 Å². The quantitative estimate of drug-likeness (QED) is 0.612. The minimum absolute atomic E-state index is 0.0149. The van der Waals surface area contributed by atoms with E-state index in [1.807, 2.05) is 13.8 Å². The average molecular weight is 187 g/mol. The summed E-state index contributed by atoms with van der Waals surface area (Å²) in [4.78, 5) is 23.5. The molecule has 0 saturated heterocycles. The van der Waals surface area contributed by atoms with Crippen molar-refractivity contribution in [3.63, 3.8) is 0 Å². The standard InChI is InChI=1S/C9H17NO3/c1-7(2)10(8(3)11)6-5-9(12)13-4/h7H,5-6H2,1-4H3. The first-order chi connectivity index (χ1) is 5.99. The molecule has 0 N–H and O–H groups in total. The number of nitrogens with zero attached hydrogens (tertiary/aromatic N) is 1. The highest BCUT2D eigenvalue weighted by atomic mass is 16.5. The van der Waals surface area contributed by atoms with Crippen molar-refractivity contribution in [2.75, 3.05) is 13.7 Å². The van der Waals surface area contributed by atoms with Gasteiger partial charge in [-0.05, 0) is 13.8 Å². The predicted molar refractivity (Wildman–Crippen MR) is 49.2 cm³/mol. The van der Waals surface area contributed by atoms with Crippen molar-refractivity contribution in [3.8, 4) is 0 Å². The lowest BCUT2D eigenvalue weighted by Crippen LogP contribution is -2.36. The highest BCUT2D eigenvalue weighted by molar-refractivity contribution is 5.75. The molecule has 0 fully saturated rings. The normalized spacial score (nSPS) is 9.92. The molecule has 0 unspecified atom stereocenters. The van der Waals surface area contributed by atoms with Gasteiger partial charge in [0, 0.05) is 19.5 Å². The molecule has 0 aromatic rings. The molecule has 4 nitrogen and oxygen atoms in total. The van der Waals surface area contributed by atoms with Crippen LogP contribution in [0.1, 0.15) is 27.2 Å². The van der Waals surface area contributed by atoms with Crippen LogP contribution in [0.3, 0.4) is 0 Å². The zero-order valence-corrected chi connectivity index (χ0v) is 8.66. The van der Waals surface area contributed by atoms with Crippen molar-refractivity contribution in [2.45, 2.75) is 33.2 Å². The van der Waals surface area contributed by atoms with Gasteiger partial charge in [-0.15, -0.1) is 0 Å². The van der Waals surface area contributed by atoms with Crippen molar-refractivity contribution in [3.05, 3.63) is 0 Å². The minimum atomic E-state index is -0.285. The first-order valence-electron chi connectivity index (χ1n) is 4.33. The third-order valence-corrected chi connectivity index (χ3v) is 1.81. The Kier molecular flexibility index (Phi) is 5.11. The van der Waals surface area contributed by atoms with E-state index in [-0.39, 0.29) is 24.3 Å². The number of carbonyl (C=O) groups excluding carboxylic acids is 2. The second kappa shape index (κ2) is 5.56. The van der Waals surface area contributed by atoms with Crippen molar-refractivity contribution < 1.29 is 14.3 Å². The summed E-state index contributed by atoms with van der Waals surface area (Å²) in [5.74, 6) is -0.300. The van der Waals surface area contributed by atoms with Gasteiger partial charge in [0.05, 0.1) is 13.5 Å². The summed E-state index contributed by atoms with van der Waals surface area (Å²) in [7, 11) is 1.34. The zero-order valence-electron chi connectivity index (χ0n) is 8.66. The number of rotatable bonds is 4. The smallest absolute Gasteiger partial charge is 0.307 e. The van der Waals surface area contributed by atoms with Crippen LogP contribution in [0.15, 0.2) is 0 Å². The maximum Gasteiger partial charge on any atom is 0.307 e. The molecule has 0 aliphatic rings. The molecule has 0 rings (SSSR count). The van der Waals surface area contributed by atoms with E-state index in [0.29, 0.717) is 6.54 Å². The Balaban J connectivity index is 3.97. The van der Waals surface area contributed by atoms with E-state index in [2.05, 4.69) is 4.74 Å². The fourth-order valence-corrected chi connectivity index (χ4v) is 1.09. The molecule has 0 aromatic heterocycles. The molecule has 0 aliphatic carbocycles. The minimum Gasteiger partial charge on any atom is -0.469 e. The van der Waals surface area contributed by atoms with Crippen molar-refractivity contribution in [1.29, 1.82) is 0 Å². The summed E-state index contributed by atoms with van der Waals surface area (Å²) < 4.78 is 4.48. The lowest BCUT2D eigenvalue weighted by Gasteiger charge is -2.24. The van der Waals surface area contributed by atoms with E-state index in [1.165, 1.54) is 14.0 Å².